The third-order valence-corrected chi connectivity index (χ3v) is 5.70. The van der Waals surface area contributed by atoms with Crippen LogP contribution in [0.1, 0.15) is 54.1 Å². The minimum absolute atomic E-state index is 0.256. The number of hydrogen-bond donors (Lipinski definition) is 2. The van der Waals surface area contributed by atoms with Gasteiger partial charge in [0.2, 0.25) is 0 Å². The maximum absolute atomic E-state index is 13.4. The van der Waals surface area contributed by atoms with Crippen LogP contribution in [0.4, 0.5) is 11.5 Å². The zero-order valence-electron chi connectivity index (χ0n) is 18.4. The highest BCUT2D eigenvalue weighted by Gasteiger charge is 2.24. The second-order valence-electron chi connectivity index (χ2n) is 8.13. The van der Waals surface area contributed by atoms with Gasteiger partial charge in [-0.25, -0.2) is 9.97 Å². The van der Waals surface area contributed by atoms with Gasteiger partial charge in [-0.05, 0) is 49.6 Å². The molecular formula is C25H29N5O. The Bertz CT molecular complexity index is 1260. The Labute approximate surface area is 182 Å². The van der Waals surface area contributed by atoms with E-state index in [2.05, 4.69) is 12.2 Å². The number of nitrogen functional groups attached to an aromatic ring is 1. The van der Waals surface area contributed by atoms with Crippen molar-refractivity contribution in [2.24, 2.45) is 0 Å². The first kappa shape index (κ1) is 20.8. The van der Waals surface area contributed by atoms with E-state index in [1.54, 1.807) is 0 Å². The van der Waals surface area contributed by atoms with Crippen molar-refractivity contribution >= 4 is 39.6 Å². The number of rotatable bonds is 7. The molecule has 0 atom stereocenters. The number of nitrogens with zero attached hydrogens (tertiary/aromatic N) is 3. The minimum atomic E-state index is -0.256. The summed E-state index contributed by atoms with van der Waals surface area (Å²) in [6.07, 6.45) is 4.43. The van der Waals surface area contributed by atoms with E-state index in [0.29, 0.717) is 29.1 Å². The first-order valence-corrected chi connectivity index (χ1v) is 10.9. The molecule has 0 aliphatic rings. The number of aromatic nitrogens is 3. The highest BCUT2D eigenvalue weighted by Crippen LogP contribution is 2.29. The topological polar surface area (TPSA) is 85.8 Å². The number of hydrogen-bond acceptors (Lipinski definition) is 4. The molecular weight excluding hydrogens is 386 g/mol. The molecule has 31 heavy (non-hydrogen) atoms. The van der Waals surface area contributed by atoms with Gasteiger partial charge in [-0.2, -0.15) is 0 Å². The van der Waals surface area contributed by atoms with Gasteiger partial charge in [0.05, 0.1) is 11.0 Å². The smallest absolute Gasteiger partial charge is 0.261 e. The molecule has 160 valence electrons. The van der Waals surface area contributed by atoms with Gasteiger partial charge in [-0.15, -0.1) is 0 Å². The Morgan fingerprint density at radius 1 is 1.03 bits per heavy atom. The summed E-state index contributed by atoms with van der Waals surface area (Å²) in [4.78, 5) is 23.0. The number of benzene rings is 2. The summed E-state index contributed by atoms with van der Waals surface area (Å²) in [6.45, 7) is 6.88. The van der Waals surface area contributed by atoms with Gasteiger partial charge in [0, 0.05) is 12.2 Å². The molecule has 0 bridgehead atoms. The number of carbonyl (C=O) groups excluding carboxylic acids is 1. The molecule has 0 aliphatic heterocycles. The quantitative estimate of drug-likeness (QED) is 0.384. The van der Waals surface area contributed by atoms with E-state index in [9.17, 15) is 4.79 Å². The fourth-order valence-electron chi connectivity index (χ4n) is 3.92. The molecule has 4 aromatic rings. The van der Waals surface area contributed by atoms with Crippen LogP contribution in [0.5, 0.6) is 0 Å². The first-order chi connectivity index (χ1) is 15.0. The molecule has 0 saturated carbocycles. The minimum Gasteiger partial charge on any atom is -0.384 e. The predicted molar refractivity (Wildman–Crippen MR) is 127 cm³/mol. The van der Waals surface area contributed by atoms with Crippen LogP contribution >= 0.6 is 0 Å². The van der Waals surface area contributed by atoms with Crippen molar-refractivity contribution in [1.82, 2.24) is 14.5 Å². The molecule has 1 amide bonds. The molecule has 2 aromatic carbocycles. The summed E-state index contributed by atoms with van der Waals surface area (Å²) in [5.41, 5.74) is 12.6. The Hall–Kier alpha value is -3.41. The number of nitrogens with one attached hydrogen (secondary N) is 1. The lowest BCUT2D eigenvalue weighted by molar-refractivity contribution is 0.102. The monoisotopic (exact) mass is 415 g/mol. The maximum Gasteiger partial charge on any atom is 0.261 e. The van der Waals surface area contributed by atoms with Crippen molar-refractivity contribution in [2.75, 3.05) is 11.1 Å². The van der Waals surface area contributed by atoms with Crippen molar-refractivity contribution in [3.05, 3.63) is 59.2 Å². The Balaban J connectivity index is 1.81. The van der Waals surface area contributed by atoms with Crippen LogP contribution in [-0.2, 0) is 6.54 Å². The maximum atomic E-state index is 13.4. The molecule has 2 heterocycles. The Kier molecular flexibility index (Phi) is 5.89. The third kappa shape index (κ3) is 4.10. The van der Waals surface area contributed by atoms with E-state index >= 15 is 0 Å². The lowest BCUT2D eigenvalue weighted by Gasteiger charge is -2.10. The molecule has 0 unspecified atom stereocenters. The molecule has 6 heteroatoms. The van der Waals surface area contributed by atoms with Crippen molar-refractivity contribution in [1.29, 1.82) is 0 Å². The van der Waals surface area contributed by atoms with E-state index in [1.165, 1.54) is 6.42 Å². The number of nitrogens with two attached hydrogens (primary N) is 1. The van der Waals surface area contributed by atoms with Gasteiger partial charge < -0.3 is 15.6 Å². The summed E-state index contributed by atoms with van der Waals surface area (Å²) < 4.78 is 1.95. The zero-order chi connectivity index (χ0) is 22.0. The van der Waals surface area contributed by atoms with Crippen molar-refractivity contribution in [3.8, 4) is 0 Å². The number of amides is 1. The zero-order valence-corrected chi connectivity index (χ0v) is 18.4. The highest BCUT2D eigenvalue weighted by atomic mass is 16.1. The summed E-state index contributed by atoms with van der Waals surface area (Å²) in [7, 11) is 0. The second kappa shape index (κ2) is 8.76. The van der Waals surface area contributed by atoms with E-state index in [1.807, 2.05) is 60.9 Å². The van der Waals surface area contributed by atoms with Crippen molar-refractivity contribution in [3.63, 3.8) is 0 Å². The fourth-order valence-corrected chi connectivity index (χ4v) is 3.92. The summed E-state index contributed by atoms with van der Waals surface area (Å²) in [6, 6.07) is 13.7. The molecule has 2 aromatic heterocycles. The molecule has 3 N–H and O–H groups in total. The summed E-state index contributed by atoms with van der Waals surface area (Å²) in [5.74, 6) is 0.165. The number of aryl methyl sites for hydroxylation is 3. The molecule has 0 aliphatic carbocycles. The van der Waals surface area contributed by atoms with Crippen molar-refractivity contribution < 1.29 is 4.79 Å². The molecule has 4 rings (SSSR count). The van der Waals surface area contributed by atoms with Gasteiger partial charge in [0.1, 0.15) is 16.9 Å². The lowest BCUT2D eigenvalue weighted by Crippen LogP contribution is -2.15. The van der Waals surface area contributed by atoms with E-state index < -0.39 is 0 Å². The van der Waals surface area contributed by atoms with Gasteiger partial charge in [-0.3, -0.25) is 4.79 Å². The van der Waals surface area contributed by atoms with Crippen LogP contribution in [-0.4, -0.2) is 20.4 Å². The van der Waals surface area contributed by atoms with Gasteiger partial charge in [0.25, 0.3) is 5.91 Å². The molecule has 0 fully saturated rings. The first-order valence-electron chi connectivity index (χ1n) is 10.9. The number of para-hydroxylation sites is 2. The summed E-state index contributed by atoms with van der Waals surface area (Å²) in [5, 5.41) is 3.04. The standard InChI is InChI=1S/C25H29N5O/c1-4-5-6-9-14-30-23(26)21(25(31)29-20-15-16(2)12-13-17(20)3)22-24(30)28-19-11-8-7-10-18(19)27-22/h7-8,10-13,15H,4-6,9,14,26H2,1-3H3,(H,29,31). The largest absolute Gasteiger partial charge is 0.384 e. The Morgan fingerprint density at radius 3 is 2.52 bits per heavy atom. The average Bonchev–Trinajstić information content (AvgIpc) is 3.02. The predicted octanol–water partition coefficient (Wildman–Crippen LogP) is 5.62. The Morgan fingerprint density at radius 2 is 1.77 bits per heavy atom. The van der Waals surface area contributed by atoms with Gasteiger partial charge in [-0.1, -0.05) is 50.5 Å². The number of anilines is 2. The number of carbonyl (C=O) groups is 1. The number of unbranched alkanes of at least 4 members (excludes halogenated alkanes) is 3. The van der Waals surface area contributed by atoms with E-state index in [4.69, 9.17) is 15.7 Å². The van der Waals surface area contributed by atoms with E-state index in [0.717, 1.165) is 47.1 Å². The lowest BCUT2D eigenvalue weighted by atomic mass is 10.1. The third-order valence-electron chi connectivity index (χ3n) is 5.70. The fraction of sp³-hybridized carbons (Fsp3) is 0.320. The van der Waals surface area contributed by atoms with Crippen LogP contribution in [0, 0.1) is 13.8 Å². The summed E-state index contributed by atoms with van der Waals surface area (Å²) >= 11 is 0. The van der Waals surface area contributed by atoms with Gasteiger partial charge in [0.15, 0.2) is 5.65 Å². The normalized spacial score (nSPS) is 11.3. The molecule has 0 spiro atoms. The van der Waals surface area contributed by atoms with Gasteiger partial charge >= 0.3 is 0 Å². The molecule has 6 nitrogen and oxygen atoms in total. The van der Waals surface area contributed by atoms with Crippen LogP contribution in [0.2, 0.25) is 0 Å². The van der Waals surface area contributed by atoms with E-state index in [-0.39, 0.29) is 5.91 Å². The van der Waals surface area contributed by atoms with Crippen molar-refractivity contribution in [2.45, 2.75) is 53.0 Å². The second-order valence-corrected chi connectivity index (χ2v) is 8.13. The highest BCUT2D eigenvalue weighted by molar-refractivity contribution is 6.16. The van der Waals surface area contributed by atoms with Crippen LogP contribution in [0.3, 0.4) is 0 Å². The number of fused-ring (bicyclic) bond motifs is 2. The average molecular weight is 416 g/mol. The van der Waals surface area contributed by atoms with Crippen LogP contribution in [0.15, 0.2) is 42.5 Å². The van der Waals surface area contributed by atoms with Crippen LogP contribution < -0.4 is 11.1 Å². The molecule has 0 radical (unpaired) electrons. The SMILES string of the molecule is CCCCCCn1c(N)c(C(=O)Nc2cc(C)ccc2C)c2nc3ccccc3nc21. The van der Waals surface area contributed by atoms with Crippen LogP contribution in [0.25, 0.3) is 22.2 Å². The molecule has 0 saturated heterocycles.